The molecule has 0 aliphatic carbocycles. The molecule has 4 aromatic heterocycles. The van der Waals surface area contributed by atoms with Crippen molar-refractivity contribution in [1.29, 1.82) is 0 Å². The maximum atomic E-state index is 12.9. The van der Waals surface area contributed by atoms with Crippen molar-refractivity contribution in [2.75, 3.05) is 18.0 Å². The molecule has 0 aromatic carbocycles. The van der Waals surface area contributed by atoms with Gasteiger partial charge in [0.15, 0.2) is 5.65 Å². The summed E-state index contributed by atoms with van der Waals surface area (Å²) in [7, 11) is 0. The molecule has 4 aromatic rings. The molecule has 0 bridgehead atoms. The Morgan fingerprint density at radius 3 is 2.41 bits per heavy atom. The van der Waals surface area contributed by atoms with E-state index in [9.17, 15) is 14.7 Å². The number of carbonyl (C=O) groups is 2. The molecule has 11 nitrogen and oxygen atoms in total. The fraction of sp³-hybridized carbons (Fsp3) is 0.500. The largest absolute Gasteiger partial charge is 0.464 e. The summed E-state index contributed by atoms with van der Waals surface area (Å²) in [6.45, 7) is 18.8. The quantitative estimate of drug-likeness (QED) is 0.331. The van der Waals surface area contributed by atoms with E-state index in [1.165, 1.54) is 10.9 Å². The molecule has 1 saturated heterocycles. The van der Waals surface area contributed by atoms with E-state index in [2.05, 4.69) is 35.8 Å². The van der Waals surface area contributed by atoms with Gasteiger partial charge >= 0.3 is 12.2 Å². The van der Waals surface area contributed by atoms with Crippen LogP contribution in [0.2, 0.25) is 0 Å². The number of rotatable bonds is 3. The zero-order valence-electron chi connectivity index (χ0n) is 25.3. The highest BCUT2D eigenvalue weighted by Crippen LogP contribution is 2.40. The first-order chi connectivity index (χ1) is 19.2. The van der Waals surface area contributed by atoms with Crippen LogP contribution in [0.25, 0.3) is 27.9 Å². The SMILES string of the molecule is Cc1c(-c2c(C(C)C)c3nc(N4C[C@@H](C)N(C(=O)OC(C)(C)C)C[C@@H]4C)ccc3n2C(=O)O)cn2ncnc2c1C. The Balaban J connectivity index is 1.63. The monoisotopic (exact) mass is 561 g/mol. The van der Waals surface area contributed by atoms with Gasteiger partial charge in [0.05, 0.1) is 16.7 Å². The third-order valence-electron chi connectivity index (χ3n) is 7.89. The number of pyridine rings is 2. The van der Waals surface area contributed by atoms with Crippen LogP contribution < -0.4 is 4.90 Å². The molecule has 0 radical (unpaired) electrons. The molecule has 11 heteroatoms. The number of ether oxygens (including phenoxy) is 1. The molecular formula is C30H39N7O4. The van der Waals surface area contributed by atoms with Crippen molar-refractivity contribution in [1.82, 2.24) is 29.0 Å². The lowest BCUT2D eigenvalue weighted by Gasteiger charge is -2.44. The number of nitrogens with zero attached hydrogens (tertiary/aromatic N) is 7. The molecule has 1 aliphatic rings. The Hall–Kier alpha value is -4.15. The molecule has 5 rings (SSSR count). The lowest BCUT2D eigenvalue weighted by atomic mass is 9.95. The highest BCUT2D eigenvalue weighted by Gasteiger charge is 2.36. The van der Waals surface area contributed by atoms with Gasteiger partial charge in [-0.2, -0.15) is 5.10 Å². The van der Waals surface area contributed by atoms with Crippen LogP contribution in [0.1, 0.15) is 71.1 Å². The fourth-order valence-electron chi connectivity index (χ4n) is 5.81. The number of anilines is 1. The van der Waals surface area contributed by atoms with E-state index in [1.807, 2.05) is 59.9 Å². The Morgan fingerprint density at radius 2 is 1.78 bits per heavy atom. The zero-order chi connectivity index (χ0) is 30.0. The van der Waals surface area contributed by atoms with Crippen LogP contribution in [-0.4, -0.2) is 77.1 Å². The summed E-state index contributed by atoms with van der Waals surface area (Å²) >= 11 is 0. The lowest BCUT2D eigenvalue weighted by molar-refractivity contribution is 0.0130. The molecule has 218 valence electrons. The molecule has 2 atom stereocenters. The molecule has 1 N–H and O–H groups in total. The van der Waals surface area contributed by atoms with Crippen LogP contribution in [0.5, 0.6) is 0 Å². The molecule has 41 heavy (non-hydrogen) atoms. The van der Waals surface area contributed by atoms with Crippen LogP contribution in [0.3, 0.4) is 0 Å². The van der Waals surface area contributed by atoms with Crippen molar-refractivity contribution >= 4 is 34.7 Å². The van der Waals surface area contributed by atoms with Crippen molar-refractivity contribution in [3.8, 4) is 11.3 Å². The first kappa shape index (κ1) is 28.4. The Bertz CT molecular complexity index is 1660. The summed E-state index contributed by atoms with van der Waals surface area (Å²) < 4.78 is 8.68. The van der Waals surface area contributed by atoms with Gasteiger partial charge in [0.25, 0.3) is 0 Å². The molecule has 5 heterocycles. The summed E-state index contributed by atoms with van der Waals surface area (Å²) in [5, 5.41) is 14.8. The number of hydrogen-bond donors (Lipinski definition) is 1. The molecule has 0 saturated carbocycles. The van der Waals surface area contributed by atoms with Gasteiger partial charge in [0, 0.05) is 42.5 Å². The third-order valence-corrected chi connectivity index (χ3v) is 7.89. The minimum Gasteiger partial charge on any atom is -0.464 e. The standard InChI is InChI=1S/C30H39N7O4/c1-16(2)24-25-22(37(28(38)39)26(24)21-14-36-27(31-15-32-36)20(6)19(21)5)10-11-23(33-25)34-12-18(4)35(13-17(34)3)29(40)41-30(7,8)9/h10-11,14-18H,12-13H2,1-9H3,(H,38,39)/t17-,18+/m0/s1. The molecular weight excluding hydrogens is 522 g/mol. The highest BCUT2D eigenvalue weighted by molar-refractivity contribution is 5.98. The molecule has 0 unspecified atom stereocenters. The summed E-state index contributed by atoms with van der Waals surface area (Å²) in [6, 6.07) is 3.60. The number of fused-ring (bicyclic) bond motifs is 2. The van der Waals surface area contributed by atoms with Crippen molar-refractivity contribution in [3.05, 3.63) is 41.3 Å². The van der Waals surface area contributed by atoms with Crippen molar-refractivity contribution in [2.45, 2.75) is 85.9 Å². The Morgan fingerprint density at radius 1 is 1.07 bits per heavy atom. The van der Waals surface area contributed by atoms with Crippen LogP contribution in [-0.2, 0) is 4.74 Å². The van der Waals surface area contributed by atoms with Gasteiger partial charge in [0.2, 0.25) is 0 Å². The van der Waals surface area contributed by atoms with E-state index in [0.29, 0.717) is 29.8 Å². The van der Waals surface area contributed by atoms with Gasteiger partial charge < -0.3 is 19.6 Å². The van der Waals surface area contributed by atoms with Crippen LogP contribution >= 0.6 is 0 Å². The predicted octanol–water partition coefficient (Wildman–Crippen LogP) is 5.85. The fourth-order valence-corrected chi connectivity index (χ4v) is 5.81. The summed E-state index contributed by atoms with van der Waals surface area (Å²) in [5.41, 5.74) is 5.48. The number of hydrogen-bond acceptors (Lipinski definition) is 7. The smallest absolute Gasteiger partial charge is 0.416 e. The van der Waals surface area contributed by atoms with Gasteiger partial charge in [-0.05, 0) is 77.6 Å². The van der Waals surface area contributed by atoms with E-state index < -0.39 is 11.7 Å². The van der Waals surface area contributed by atoms with Crippen LogP contribution in [0.15, 0.2) is 24.7 Å². The number of carbonyl (C=O) groups excluding carboxylic acids is 1. The van der Waals surface area contributed by atoms with E-state index in [0.717, 1.165) is 33.7 Å². The minimum absolute atomic E-state index is 0.0117. The highest BCUT2D eigenvalue weighted by atomic mass is 16.6. The normalized spacial score (nSPS) is 18.1. The van der Waals surface area contributed by atoms with Gasteiger partial charge in [-0.3, -0.25) is 0 Å². The maximum Gasteiger partial charge on any atom is 0.416 e. The average molecular weight is 562 g/mol. The lowest BCUT2D eigenvalue weighted by Crippen LogP contribution is -2.59. The minimum atomic E-state index is -1.07. The van der Waals surface area contributed by atoms with Crippen LogP contribution in [0, 0.1) is 13.8 Å². The van der Waals surface area contributed by atoms with Gasteiger partial charge in [0.1, 0.15) is 17.7 Å². The third kappa shape index (κ3) is 4.87. The molecule has 1 fully saturated rings. The number of aromatic nitrogens is 5. The maximum absolute atomic E-state index is 12.9. The topological polar surface area (TPSA) is 118 Å². The van der Waals surface area contributed by atoms with Crippen LogP contribution in [0.4, 0.5) is 15.4 Å². The van der Waals surface area contributed by atoms with Gasteiger partial charge in [-0.25, -0.2) is 28.6 Å². The second-order valence-electron chi connectivity index (χ2n) is 12.4. The zero-order valence-corrected chi connectivity index (χ0v) is 25.3. The van der Waals surface area contributed by atoms with Gasteiger partial charge in [-0.15, -0.1) is 0 Å². The molecule has 1 aliphatic heterocycles. The second-order valence-corrected chi connectivity index (χ2v) is 12.4. The van der Waals surface area contributed by atoms with Crippen molar-refractivity contribution < 1.29 is 19.4 Å². The second kappa shape index (κ2) is 10.0. The summed E-state index contributed by atoms with van der Waals surface area (Å²) in [4.78, 5) is 39.1. The first-order valence-corrected chi connectivity index (χ1v) is 14.0. The number of piperazine rings is 1. The number of carboxylic acid groups (broad SMARTS) is 1. The average Bonchev–Trinajstić information content (AvgIpc) is 3.48. The van der Waals surface area contributed by atoms with E-state index in [1.54, 1.807) is 9.42 Å². The van der Waals surface area contributed by atoms with E-state index in [-0.39, 0.29) is 24.1 Å². The Kier molecular flexibility index (Phi) is 6.95. The van der Waals surface area contributed by atoms with Crippen molar-refractivity contribution in [2.24, 2.45) is 0 Å². The predicted molar refractivity (Wildman–Crippen MR) is 158 cm³/mol. The van der Waals surface area contributed by atoms with Crippen molar-refractivity contribution in [3.63, 3.8) is 0 Å². The Labute approximate surface area is 239 Å². The summed E-state index contributed by atoms with van der Waals surface area (Å²) in [5.74, 6) is 0.735. The summed E-state index contributed by atoms with van der Waals surface area (Å²) in [6.07, 6.45) is 1.96. The van der Waals surface area contributed by atoms with Gasteiger partial charge in [-0.1, -0.05) is 13.8 Å². The van der Waals surface area contributed by atoms with E-state index in [4.69, 9.17) is 9.72 Å². The number of amides is 1. The first-order valence-electron chi connectivity index (χ1n) is 14.0. The number of aryl methyl sites for hydroxylation is 1. The molecule has 0 spiro atoms. The molecule has 1 amide bonds. The van der Waals surface area contributed by atoms with E-state index >= 15 is 0 Å².